The molecule has 1 aromatic carbocycles. The minimum Gasteiger partial charge on any atom is -0.301 e. The number of hydrogen-bond acceptors (Lipinski definition) is 2. The summed E-state index contributed by atoms with van der Waals surface area (Å²) in [6.07, 6.45) is 2.60. The Bertz CT molecular complexity index is 643. The quantitative estimate of drug-likeness (QED) is 0.846. The van der Waals surface area contributed by atoms with Gasteiger partial charge in [-0.25, -0.2) is 0 Å². The van der Waals surface area contributed by atoms with E-state index in [4.69, 9.17) is 0 Å². The predicted molar refractivity (Wildman–Crippen MR) is 83.0 cm³/mol. The molecule has 3 rings (SSSR count). The number of alkyl halides is 3. The first-order valence-electron chi connectivity index (χ1n) is 7.95. The molecule has 1 aliphatic heterocycles. The molecule has 0 atom stereocenters. The molecule has 1 aliphatic rings. The average molecular weight is 323 g/mol. The highest BCUT2D eigenvalue weighted by molar-refractivity contribution is 5.66. The number of halogens is 3. The van der Waals surface area contributed by atoms with E-state index in [9.17, 15) is 13.2 Å². The molecule has 1 saturated heterocycles. The molecule has 23 heavy (non-hydrogen) atoms. The van der Waals surface area contributed by atoms with Crippen molar-refractivity contribution >= 4 is 0 Å². The van der Waals surface area contributed by atoms with Crippen molar-refractivity contribution in [3.8, 4) is 11.1 Å². The van der Waals surface area contributed by atoms with E-state index in [0.717, 1.165) is 25.7 Å². The third-order valence-electron chi connectivity index (χ3n) is 4.27. The summed E-state index contributed by atoms with van der Waals surface area (Å²) >= 11 is 0. The van der Waals surface area contributed by atoms with Crippen LogP contribution in [0.5, 0.6) is 0 Å². The van der Waals surface area contributed by atoms with Gasteiger partial charge in [-0.15, -0.1) is 0 Å². The number of benzene rings is 1. The van der Waals surface area contributed by atoms with Crippen LogP contribution < -0.4 is 0 Å². The molecular formula is C17H20F3N3. The second kappa shape index (κ2) is 6.74. The van der Waals surface area contributed by atoms with Gasteiger partial charge in [0, 0.05) is 18.3 Å². The summed E-state index contributed by atoms with van der Waals surface area (Å²) in [5.74, 6) is 0. The summed E-state index contributed by atoms with van der Waals surface area (Å²) in [6, 6.07) is 5.64. The summed E-state index contributed by atoms with van der Waals surface area (Å²) in [5.41, 5.74) is 0.0800. The largest absolute Gasteiger partial charge is 0.417 e. The summed E-state index contributed by atoms with van der Waals surface area (Å²) in [4.78, 5) is 2.38. The second-order valence-electron chi connectivity index (χ2n) is 5.94. The molecule has 2 heterocycles. The lowest BCUT2D eigenvalue weighted by atomic mass is 10.0. The van der Waals surface area contributed by atoms with Crippen molar-refractivity contribution in [2.24, 2.45) is 0 Å². The van der Waals surface area contributed by atoms with Crippen LogP contribution >= 0.6 is 0 Å². The van der Waals surface area contributed by atoms with E-state index in [1.54, 1.807) is 16.9 Å². The van der Waals surface area contributed by atoms with Gasteiger partial charge < -0.3 is 4.90 Å². The van der Waals surface area contributed by atoms with Gasteiger partial charge in [0.2, 0.25) is 0 Å². The molecule has 0 N–H and O–H groups in total. The number of piperidine rings is 1. The predicted octanol–water partition coefficient (Wildman–Crippen LogP) is 4.05. The van der Waals surface area contributed by atoms with E-state index in [1.165, 1.54) is 37.6 Å². The average Bonchev–Trinajstić information content (AvgIpc) is 3.02. The van der Waals surface area contributed by atoms with E-state index in [0.29, 0.717) is 12.1 Å². The molecule has 0 spiro atoms. The molecule has 0 unspecified atom stereocenters. The van der Waals surface area contributed by atoms with Crippen molar-refractivity contribution in [1.29, 1.82) is 0 Å². The maximum Gasteiger partial charge on any atom is 0.417 e. The molecule has 0 amide bonds. The van der Waals surface area contributed by atoms with Crippen molar-refractivity contribution in [3.63, 3.8) is 0 Å². The Hall–Kier alpha value is -1.82. The van der Waals surface area contributed by atoms with Crippen LogP contribution in [-0.4, -0.2) is 34.3 Å². The van der Waals surface area contributed by atoms with E-state index in [2.05, 4.69) is 10.00 Å². The summed E-state index contributed by atoms with van der Waals surface area (Å²) in [5, 5.41) is 4.22. The van der Waals surface area contributed by atoms with Crippen molar-refractivity contribution in [1.82, 2.24) is 14.7 Å². The van der Waals surface area contributed by atoms with Gasteiger partial charge in [0.15, 0.2) is 0 Å². The van der Waals surface area contributed by atoms with Crippen LogP contribution in [0.2, 0.25) is 0 Å². The fraction of sp³-hybridized carbons (Fsp3) is 0.471. The van der Waals surface area contributed by atoms with Gasteiger partial charge in [-0.05, 0) is 37.6 Å². The highest BCUT2D eigenvalue weighted by Gasteiger charge is 2.33. The van der Waals surface area contributed by atoms with Crippen molar-refractivity contribution in [2.45, 2.75) is 32.0 Å². The molecule has 3 nitrogen and oxygen atoms in total. The van der Waals surface area contributed by atoms with E-state index >= 15 is 0 Å². The number of nitrogens with zero attached hydrogens (tertiary/aromatic N) is 3. The standard InChI is InChI=1S/C17H20F3N3/c18-17(19,20)16-7-3-2-6-15(16)14-12-21-23(13-14)11-10-22-8-4-1-5-9-22/h2-3,6-7,12-13H,1,4-5,8-11H2. The number of likely N-dealkylation sites (tertiary alicyclic amines) is 1. The van der Waals surface area contributed by atoms with Gasteiger partial charge in [-0.2, -0.15) is 18.3 Å². The zero-order valence-electron chi connectivity index (χ0n) is 12.9. The molecule has 0 aliphatic carbocycles. The number of rotatable bonds is 4. The van der Waals surface area contributed by atoms with E-state index in [-0.39, 0.29) is 5.56 Å². The van der Waals surface area contributed by atoms with Gasteiger partial charge in [-0.3, -0.25) is 4.68 Å². The van der Waals surface area contributed by atoms with Crippen molar-refractivity contribution < 1.29 is 13.2 Å². The van der Waals surface area contributed by atoms with Crippen LogP contribution in [-0.2, 0) is 12.7 Å². The smallest absolute Gasteiger partial charge is 0.301 e. The molecule has 0 bridgehead atoms. The van der Waals surface area contributed by atoms with Crippen LogP contribution in [0.4, 0.5) is 13.2 Å². The van der Waals surface area contributed by atoms with Crippen LogP contribution in [0.25, 0.3) is 11.1 Å². The highest BCUT2D eigenvalue weighted by atomic mass is 19.4. The van der Waals surface area contributed by atoms with Crippen molar-refractivity contribution in [3.05, 3.63) is 42.2 Å². The molecule has 0 saturated carbocycles. The topological polar surface area (TPSA) is 21.1 Å². The highest BCUT2D eigenvalue weighted by Crippen LogP contribution is 2.36. The first kappa shape index (κ1) is 16.1. The molecule has 1 aromatic heterocycles. The Morgan fingerprint density at radius 1 is 1.00 bits per heavy atom. The lowest BCUT2D eigenvalue weighted by Crippen LogP contribution is -2.32. The molecule has 124 valence electrons. The fourth-order valence-electron chi connectivity index (χ4n) is 3.03. The minimum atomic E-state index is -4.35. The lowest BCUT2D eigenvalue weighted by Gasteiger charge is -2.26. The van der Waals surface area contributed by atoms with Crippen LogP contribution in [0.15, 0.2) is 36.7 Å². The molecule has 1 fully saturated rings. The SMILES string of the molecule is FC(F)(F)c1ccccc1-c1cnn(CCN2CCCCC2)c1. The Kier molecular flexibility index (Phi) is 4.71. The van der Waals surface area contributed by atoms with Crippen molar-refractivity contribution in [2.75, 3.05) is 19.6 Å². The third kappa shape index (κ3) is 3.93. The Labute approximate surface area is 133 Å². The number of hydrogen-bond donors (Lipinski definition) is 0. The normalized spacial score (nSPS) is 16.7. The molecule has 6 heteroatoms. The third-order valence-corrected chi connectivity index (χ3v) is 4.27. The summed E-state index contributed by atoms with van der Waals surface area (Å²) < 4.78 is 41.0. The van der Waals surface area contributed by atoms with E-state index < -0.39 is 11.7 Å². The summed E-state index contributed by atoms with van der Waals surface area (Å²) in [7, 11) is 0. The maximum absolute atomic E-state index is 13.1. The lowest BCUT2D eigenvalue weighted by molar-refractivity contribution is -0.137. The Morgan fingerprint density at radius 2 is 1.74 bits per heavy atom. The van der Waals surface area contributed by atoms with E-state index in [1.807, 2.05) is 0 Å². The van der Waals surface area contributed by atoms with Gasteiger partial charge in [0.25, 0.3) is 0 Å². The Balaban J connectivity index is 1.72. The molecule has 0 radical (unpaired) electrons. The first-order valence-corrected chi connectivity index (χ1v) is 7.95. The van der Waals surface area contributed by atoms with Gasteiger partial charge in [0.1, 0.15) is 0 Å². The fourth-order valence-corrected chi connectivity index (χ4v) is 3.03. The molecular weight excluding hydrogens is 303 g/mol. The molecule has 2 aromatic rings. The van der Waals surface area contributed by atoms with Gasteiger partial charge >= 0.3 is 6.18 Å². The minimum absolute atomic E-state index is 0.184. The zero-order valence-corrected chi connectivity index (χ0v) is 12.9. The van der Waals surface area contributed by atoms with Gasteiger partial charge in [0.05, 0.1) is 18.3 Å². The monoisotopic (exact) mass is 323 g/mol. The zero-order chi connectivity index (χ0) is 16.3. The second-order valence-corrected chi connectivity index (χ2v) is 5.94. The summed E-state index contributed by atoms with van der Waals surface area (Å²) in [6.45, 7) is 3.80. The van der Waals surface area contributed by atoms with Crippen LogP contribution in [0.3, 0.4) is 0 Å². The van der Waals surface area contributed by atoms with Crippen LogP contribution in [0.1, 0.15) is 24.8 Å². The number of aromatic nitrogens is 2. The Morgan fingerprint density at radius 3 is 2.48 bits per heavy atom. The maximum atomic E-state index is 13.1. The van der Waals surface area contributed by atoms with Crippen LogP contribution in [0, 0.1) is 0 Å². The first-order chi connectivity index (χ1) is 11.0. The van der Waals surface area contributed by atoms with Gasteiger partial charge in [-0.1, -0.05) is 24.6 Å².